The largest absolute Gasteiger partial charge is 0.496 e. The third-order valence-electron chi connectivity index (χ3n) is 6.08. The highest BCUT2D eigenvalue weighted by atomic mass is 16.6. The number of ketones is 1. The quantitative estimate of drug-likeness (QED) is 0.361. The van der Waals surface area contributed by atoms with Crippen LogP contribution in [0.25, 0.3) is 0 Å². The highest BCUT2D eigenvalue weighted by Gasteiger charge is 2.47. The van der Waals surface area contributed by atoms with E-state index in [1.807, 2.05) is 32.0 Å². The number of methoxy groups -OCH3 is 2. The van der Waals surface area contributed by atoms with Crippen LogP contribution < -0.4 is 10.1 Å². The molecule has 2 aliphatic rings. The standard InChI is InChI=1S/C25H31NO7/c1-6-32-11-12-33-25(29)20-15(3)26-17-13-14(2)19(24(28)31-5)23(27)22(17)21(20)16-9-7-8-10-18(16)30-4/h7-10,14,19,21,26H,6,11-13H2,1-5H3/t14-,19+,21-/m1/s1. The Kier molecular flexibility index (Phi) is 7.92. The van der Waals surface area contributed by atoms with E-state index in [1.165, 1.54) is 14.2 Å². The first-order valence-corrected chi connectivity index (χ1v) is 11.1. The minimum absolute atomic E-state index is 0.0871. The number of rotatable bonds is 8. The number of para-hydroxylation sites is 1. The van der Waals surface area contributed by atoms with Crippen LogP contribution in [0.2, 0.25) is 0 Å². The van der Waals surface area contributed by atoms with Gasteiger partial charge in [-0.05, 0) is 32.3 Å². The van der Waals surface area contributed by atoms with Gasteiger partial charge in [0, 0.05) is 29.1 Å². The fourth-order valence-corrected chi connectivity index (χ4v) is 4.58. The monoisotopic (exact) mass is 457 g/mol. The van der Waals surface area contributed by atoms with E-state index < -0.39 is 23.8 Å². The Labute approximate surface area is 193 Å². The van der Waals surface area contributed by atoms with E-state index >= 15 is 0 Å². The molecule has 0 radical (unpaired) electrons. The third-order valence-corrected chi connectivity index (χ3v) is 6.08. The summed E-state index contributed by atoms with van der Waals surface area (Å²) >= 11 is 0. The highest BCUT2D eigenvalue weighted by molar-refractivity contribution is 6.12. The molecule has 3 atom stereocenters. The molecule has 1 aliphatic carbocycles. The fraction of sp³-hybridized carbons (Fsp3) is 0.480. The predicted molar refractivity (Wildman–Crippen MR) is 120 cm³/mol. The average Bonchev–Trinajstić information content (AvgIpc) is 2.80. The Morgan fingerprint density at radius 2 is 1.88 bits per heavy atom. The number of hydrogen-bond donors (Lipinski definition) is 1. The Morgan fingerprint density at radius 3 is 2.55 bits per heavy atom. The van der Waals surface area contributed by atoms with Crippen LogP contribution in [0.5, 0.6) is 5.75 Å². The van der Waals surface area contributed by atoms with Crippen molar-refractivity contribution in [3.05, 3.63) is 52.4 Å². The van der Waals surface area contributed by atoms with Crippen molar-refractivity contribution in [3.63, 3.8) is 0 Å². The van der Waals surface area contributed by atoms with Gasteiger partial charge in [0.1, 0.15) is 18.3 Å². The molecular weight excluding hydrogens is 426 g/mol. The maximum atomic E-state index is 13.7. The van der Waals surface area contributed by atoms with E-state index in [4.69, 9.17) is 18.9 Å². The topological polar surface area (TPSA) is 100 Å². The van der Waals surface area contributed by atoms with Crippen molar-refractivity contribution in [3.8, 4) is 5.75 Å². The van der Waals surface area contributed by atoms with Crippen molar-refractivity contribution in [2.45, 2.75) is 33.1 Å². The summed E-state index contributed by atoms with van der Waals surface area (Å²) in [6.07, 6.45) is 0.469. The first-order valence-electron chi connectivity index (χ1n) is 11.1. The van der Waals surface area contributed by atoms with Crippen LogP contribution in [0.1, 0.15) is 38.7 Å². The number of esters is 2. The van der Waals surface area contributed by atoms with Crippen molar-refractivity contribution in [1.82, 2.24) is 5.32 Å². The molecule has 33 heavy (non-hydrogen) atoms. The number of allylic oxidation sites excluding steroid dienone is 3. The minimum atomic E-state index is -0.943. The van der Waals surface area contributed by atoms with E-state index in [2.05, 4.69) is 5.32 Å². The zero-order valence-electron chi connectivity index (χ0n) is 19.7. The second-order valence-corrected chi connectivity index (χ2v) is 8.11. The van der Waals surface area contributed by atoms with Crippen molar-refractivity contribution < 1.29 is 33.3 Å². The number of dihydropyridines is 1. The van der Waals surface area contributed by atoms with Gasteiger partial charge in [-0.15, -0.1) is 0 Å². The Balaban J connectivity index is 2.12. The van der Waals surface area contributed by atoms with Crippen LogP contribution in [-0.4, -0.2) is 51.8 Å². The van der Waals surface area contributed by atoms with Gasteiger partial charge < -0.3 is 24.3 Å². The van der Waals surface area contributed by atoms with Crippen LogP contribution in [0, 0.1) is 11.8 Å². The van der Waals surface area contributed by atoms with Gasteiger partial charge >= 0.3 is 11.9 Å². The summed E-state index contributed by atoms with van der Waals surface area (Å²) in [5.41, 5.74) is 2.63. The molecule has 0 bridgehead atoms. The average molecular weight is 458 g/mol. The molecule has 0 spiro atoms. The van der Waals surface area contributed by atoms with Gasteiger partial charge in [0.05, 0.1) is 32.3 Å². The number of carbonyl (C=O) groups is 3. The zero-order valence-corrected chi connectivity index (χ0v) is 19.7. The Morgan fingerprint density at radius 1 is 1.15 bits per heavy atom. The van der Waals surface area contributed by atoms with Gasteiger partial charge in [0.15, 0.2) is 5.78 Å². The van der Waals surface area contributed by atoms with Crippen LogP contribution in [0.4, 0.5) is 0 Å². The van der Waals surface area contributed by atoms with Crippen molar-refractivity contribution in [2.75, 3.05) is 34.0 Å². The van der Waals surface area contributed by atoms with Crippen LogP contribution in [0.15, 0.2) is 46.8 Å². The van der Waals surface area contributed by atoms with Crippen molar-refractivity contribution in [1.29, 1.82) is 0 Å². The molecule has 1 N–H and O–H groups in total. The van der Waals surface area contributed by atoms with Crippen molar-refractivity contribution in [2.24, 2.45) is 11.8 Å². The second kappa shape index (κ2) is 10.7. The smallest absolute Gasteiger partial charge is 0.336 e. The number of hydrogen-bond acceptors (Lipinski definition) is 8. The summed E-state index contributed by atoms with van der Waals surface area (Å²) in [5.74, 6) is -2.89. The molecule has 8 heteroatoms. The lowest BCUT2D eigenvalue weighted by atomic mass is 9.69. The lowest BCUT2D eigenvalue weighted by molar-refractivity contribution is -0.151. The Hall–Kier alpha value is -3.13. The molecule has 0 fully saturated rings. The second-order valence-electron chi connectivity index (χ2n) is 8.11. The number of carbonyl (C=O) groups excluding carboxylic acids is 3. The normalized spacial score (nSPS) is 22.5. The molecule has 0 unspecified atom stereocenters. The highest BCUT2D eigenvalue weighted by Crippen LogP contribution is 2.47. The van der Waals surface area contributed by atoms with Crippen LogP contribution >= 0.6 is 0 Å². The van der Waals surface area contributed by atoms with Gasteiger partial charge in [-0.2, -0.15) is 0 Å². The summed E-state index contributed by atoms with van der Waals surface area (Å²) in [6.45, 7) is 6.37. The van der Waals surface area contributed by atoms with Gasteiger partial charge in [-0.1, -0.05) is 25.1 Å². The predicted octanol–water partition coefficient (Wildman–Crippen LogP) is 2.89. The number of ether oxygens (including phenoxy) is 4. The van der Waals surface area contributed by atoms with E-state index in [9.17, 15) is 14.4 Å². The maximum Gasteiger partial charge on any atom is 0.336 e. The first-order chi connectivity index (χ1) is 15.8. The lowest BCUT2D eigenvalue weighted by Crippen LogP contribution is -2.43. The van der Waals surface area contributed by atoms with Crippen LogP contribution in [0.3, 0.4) is 0 Å². The molecule has 178 valence electrons. The number of benzene rings is 1. The molecule has 1 heterocycles. The van der Waals surface area contributed by atoms with Gasteiger partial charge in [0.25, 0.3) is 0 Å². The minimum Gasteiger partial charge on any atom is -0.496 e. The molecule has 3 rings (SSSR count). The van der Waals surface area contributed by atoms with Gasteiger partial charge in [-0.25, -0.2) is 4.79 Å². The van der Waals surface area contributed by atoms with E-state index in [1.54, 1.807) is 13.0 Å². The number of Topliss-reactive ketones (excluding diaryl/α,β-unsaturated/α-hetero) is 1. The fourth-order valence-electron chi connectivity index (χ4n) is 4.58. The molecule has 0 aromatic heterocycles. The first kappa shape index (κ1) is 24.5. The molecule has 1 aromatic rings. The third kappa shape index (κ3) is 4.80. The van der Waals surface area contributed by atoms with E-state index in [0.29, 0.717) is 46.9 Å². The summed E-state index contributed by atoms with van der Waals surface area (Å²) in [4.78, 5) is 39.4. The van der Waals surface area contributed by atoms with Crippen LogP contribution in [-0.2, 0) is 28.6 Å². The summed E-state index contributed by atoms with van der Waals surface area (Å²) in [6, 6.07) is 7.23. The molecule has 0 saturated carbocycles. The van der Waals surface area contributed by atoms with Gasteiger partial charge in [-0.3, -0.25) is 9.59 Å². The molecule has 8 nitrogen and oxygen atoms in total. The van der Waals surface area contributed by atoms with Gasteiger partial charge in [0.2, 0.25) is 0 Å². The SMILES string of the molecule is CCOCCOC(=O)C1=C(C)NC2=C(C(=O)[C@@H](C(=O)OC)[C@H](C)C2)[C@@H]1c1ccccc1OC. The molecule has 1 aliphatic heterocycles. The number of nitrogens with one attached hydrogen (secondary N) is 1. The van der Waals surface area contributed by atoms with E-state index in [-0.39, 0.29) is 24.9 Å². The molecule has 1 aromatic carbocycles. The molecule has 0 amide bonds. The van der Waals surface area contributed by atoms with Crippen molar-refractivity contribution >= 4 is 17.7 Å². The molecule has 0 saturated heterocycles. The Bertz CT molecular complexity index is 994. The maximum absolute atomic E-state index is 13.7. The van der Waals surface area contributed by atoms with E-state index in [0.717, 1.165) is 0 Å². The molecular formula is C25H31NO7. The zero-order chi connectivity index (χ0) is 24.1. The summed E-state index contributed by atoms with van der Waals surface area (Å²) < 4.78 is 21.2. The lowest BCUT2D eigenvalue weighted by Gasteiger charge is -2.38. The summed E-state index contributed by atoms with van der Waals surface area (Å²) in [7, 11) is 2.81. The summed E-state index contributed by atoms with van der Waals surface area (Å²) in [5, 5.41) is 3.24.